The van der Waals surface area contributed by atoms with E-state index in [1.807, 2.05) is 6.92 Å². The van der Waals surface area contributed by atoms with Gasteiger partial charge in [-0.2, -0.15) is 0 Å². The number of rotatable bonds is 3. The lowest BCUT2D eigenvalue weighted by Gasteiger charge is -2.11. The zero-order valence-electron chi connectivity index (χ0n) is 8.67. The van der Waals surface area contributed by atoms with Crippen LogP contribution in [-0.2, 0) is 6.42 Å². The van der Waals surface area contributed by atoms with Gasteiger partial charge in [0.15, 0.2) is 0 Å². The minimum absolute atomic E-state index is 0.228. The average Bonchev–Trinajstić information content (AvgIpc) is 2.17. The maximum atomic E-state index is 9.02. The van der Waals surface area contributed by atoms with E-state index in [4.69, 9.17) is 5.11 Å². The standard InChI is InChI=1S/C12H18O/c1-4-11-7-12(10(3)8-13)6-5-9(11)2/h5-7,10,13H,4,8H2,1-3H3. The molecule has 0 aliphatic heterocycles. The molecule has 0 spiro atoms. The minimum atomic E-state index is 0.228. The third-order valence-corrected chi connectivity index (χ3v) is 2.60. The Bertz CT molecular complexity index is 278. The summed E-state index contributed by atoms with van der Waals surface area (Å²) >= 11 is 0. The van der Waals surface area contributed by atoms with Crippen molar-refractivity contribution in [3.8, 4) is 0 Å². The molecular formula is C12H18O. The molecule has 1 N–H and O–H groups in total. The van der Waals surface area contributed by atoms with Crippen LogP contribution in [0.2, 0.25) is 0 Å². The Balaban J connectivity index is 2.99. The predicted molar refractivity (Wildman–Crippen MR) is 56.1 cm³/mol. The second-order valence-corrected chi connectivity index (χ2v) is 3.62. The first kappa shape index (κ1) is 10.3. The van der Waals surface area contributed by atoms with Crippen molar-refractivity contribution in [3.63, 3.8) is 0 Å². The largest absolute Gasteiger partial charge is 0.396 e. The molecule has 1 atom stereocenters. The lowest BCUT2D eigenvalue weighted by atomic mass is 9.96. The van der Waals surface area contributed by atoms with E-state index < -0.39 is 0 Å². The first-order chi connectivity index (χ1) is 6.19. The highest BCUT2D eigenvalue weighted by atomic mass is 16.3. The first-order valence-electron chi connectivity index (χ1n) is 4.89. The van der Waals surface area contributed by atoms with Gasteiger partial charge in [-0.1, -0.05) is 32.0 Å². The molecule has 0 aliphatic rings. The van der Waals surface area contributed by atoms with Gasteiger partial charge in [-0.15, -0.1) is 0 Å². The highest BCUT2D eigenvalue weighted by molar-refractivity contribution is 5.32. The summed E-state index contributed by atoms with van der Waals surface area (Å²) < 4.78 is 0. The Morgan fingerprint density at radius 1 is 1.38 bits per heavy atom. The second kappa shape index (κ2) is 4.43. The van der Waals surface area contributed by atoms with Crippen molar-refractivity contribution in [1.82, 2.24) is 0 Å². The summed E-state index contributed by atoms with van der Waals surface area (Å²) in [5.74, 6) is 0.255. The zero-order valence-corrected chi connectivity index (χ0v) is 8.67. The van der Waals surface area contributed by atoms with E-state index >= 15 is 0 Å². The van der Waals surface area contributed by atoms with Gasteiger partial charge in [0.25, 0.3) is 0 Å². The fraction of sp³-hybridized carbons (Fsp3) is 0.500. The average molecular weight is 178 g/mol. The number of aliphatic hydroxyl groups is 1. The Morgan fingerprint density at radius 3 is 2.62 bits per heavy atom. The minimum Gasteiger partial charge on any atom is -0.396 e. The molecule has 0 saturated carbocycles. The molecule has 1 aromatic carbocycles. The van der Waals surface area contributed by atoms with E-state index in [0.717, 1.165) is 6.42 Å². The Labute approximate surface area is 80.4 Å². The number of aryl methyl sites for hydroxylation is 2. The molecule has 0 heterocycles. The highest BCUT2D eigenvalue weighted by Gasteiger charge is 2.05. The van der Waals surface area contributed by atoms with Crippen LogP contribution in [0.3, 0.4) is 0 Å². The molecule has 0 saturated heterocycles. The van der Waals surface area contributed by atoms with Crippen molar-refractivity contribution in [3.05, 3.63) is 34.9 Å². The SMILES string of the molecule is CCc1cc(C(C)CO)ccc1C. The van der Waals surface area contributed by atoms with Crippen molar-refractivity contribution >= 4 is 0 Å². The van der Waals surface area contributed by atoms with Gasteiger partial charge in [0.05, 0.1) is 0 Å². The molecule has 1 aromatic rings. The molecule has 0 fully saturated rings. The van der Waals surface area contributed by atoms with Gasteiger partial charge in [0, 0.05) is 12.5 Å². The van der Waals surface area contributed by atoms with Crippen LogP contribution in [0, 0.1) is 6.92 Å². The van der Waals surface area contributed by atoms with E-state index in [2.05, 4.69) is 32.0 Å². The number of hydrogen-bond acceptors (Lipinski definition) is 1. The third kappa shape index (κ3) is 2.31. The van der Waals surface area contributed by atoms with Crippen LogP contribution in [0.15, 0.2) is 18.2 Å². The van der Waals surface area contributed by atoms with Crippen molar-refractivity contribution in [1.29, 1.82) is 0 Å². The van der Waals surface area contributed by atoms with Crippen LogP contribution in [-0.4, -0.2) is 11.7 Å². The Morgan fingerprint density at radius 2 is 2.08 bits per heavy atom. The van der Waals surface area contributed by atoms with E-state index in [1.165, 1.54) is 16.7 Å². The van der Waals surface area contributed by atoms with Crippen molar-refractivity contribution < 1.29 is 5.11 Å². The molecule has 0 aliphatic carbocycles. The van der Waals surface area contributed by atoms with Gasteiger partial charge < -0.3 is 5.11 Å². The van der Waals surface area contributed by atoms with Gasteiger partial charge in [-0.3, -0.25) is 0 Å². The summed E-state index contributed by atoms with van der Waals surface area (Å²) in [7, 11) is 0. The van der Waals surface area contributed by atoms with Gasteiger partial charge >= 0.3 is 0 Å². The third-order valence-electron chi connectivity index (χ3n) is 2.60. The fourth-order valence-corrected chi connectivity index (χ4v) is 1.48. The normalized spacial score (nSPS) is 12.9. The topological polar surface area (TPSA) is 20.2 Å². The smallest absolute Gasteiger partial charge is 0.0497 e. The van der Waals surface area contributed by atoms with Crippen molar-refractivity contribution in [2.24, 2.45) is 0 Å². The summed E-state index contributed by atoms with van der Waals surface area (Å²) in [5.41, 5.74) is 3.97. The van der Waals surface area contributed by atoms with Crippen LogP contribution >= 0.6 is 0 Å². The van der Waals surface area contributed by atoms with E-state index in [0.29, 0.717) is 0 Å². The van der Waals surface area contributed by atoms with E-state index in [-0.39, 0.29) is 12.5 Å². The monoisotopic (exact) mass is 178 g/mol. The van der Waals surface area contributed by atoms with Crippen LogP contribution in [0.25, 0.3) is 0 Å². The molecule has 72 valence electrons. The maximum absolute atomic E-state index is 9.02. The van der Waals surface area contributed by atoms with Gasteiger partial charge in [0.1, 0.15) is 0 Å². The molecule has 1 rings (SSSR count). The van der Waals surface area contributed by atoms with Gasteiger partial charge in [-0.05, 0) is 30.0 Å². The fourth-order valence-electron chi connectivity index (χ4n) is 1.48. The molecule has 0 aromatic heterocycles. The summed E-state index contributed by atoms with van der Waals surface area (Å²) in [6.45, 7) is 6.57. The Kier molecular flexibility index (Phi) is 3.49. The summed E-state index contributed by atoms with van der Waals surface area (Å²) in [5, 5.41) is 9.02. The molecule has 1 unspecified atom stereocenters. The summed E-state index contributed by atoms with van der Waals surface area (Å²) in [6.07, 6.45) is 1.07. The molecule has 1 nitrogen and oxygen atoms in total. The predicted octanol–water partition coefficient (Wildman–Crippen LogP) is 2.65. The number of aliphatic hydroxyl groups excluding tert-OH is 1. The quantitative estimate of drug-likeness (QED) is 0.754. The van der Waals surface area contributed by atoms with Gasteiger partial charge in [0.2, 0.25) is 0 Å². The zero-order chi connectivity index (χ0) is 9.84. The van der Waals surface area contributed by atoms with E-state index in [9.17, 15) is 0 Å². The molecule has 1 heteroatoms. The lowest BCUT2D eigenvalue weighted by molar-refractivity contribution is 0.273. The second-order valence-electron chi connectivity index (χ2n) is 3.62. The number of benzene rings is 1. The summed E-state index contributed by atoms with van der Waals surface area (Å²) in [6, 6.07) is 6.45. The van der Waals surface area contributed by atoms with Crippen molar-refractivity contribution in [2.75, 3.05) is 6.61 Å². The summed E-state index contributed by atoms with van der Waals surface area (Å²) in [4.78, 5) is 0. The van der Waals surface area contributed by atoms with Crippen molar-refractivity contribution in [2.45, 2.75) is 33.1 Å². The molecule has 0 bridgehead atoms. The maximum Gasteiger partial charge on any atom is 0.0497 e. The van der Waals surface area contributed by atoms with Crippen LogP contribution < -0.4 is 0 Å². The molecule has 0 amide bonds. The molecular weight excluding hydrogens is 160 g/mol. The highest BCUT2D eigenvalue weighted by Crippen LogP contribution is 2.18. The molecule has 13 heavy (non-hydrogen) atoms. The first-order valence-corrected chi connectivity index (χ1v) is 4.89. The lowest BCUT2D eigenvalue weighted by Crippen LogP contribution is -2.00. The van der Waals surface area contributed by atoms with Gasteiger partial charge in [-0.25, -0.2) is 0 Å². The van der Waals surface area contributed by atoms with E-state index in [1.54, 1.807) is 0 Å². The number of hydrogen-bond donors (Lipinski definition) is 1. The van der Waals surface area contributed by atoms with Crippen LogP contribution in [0.1, 0.15) is 36.5 Å². The Hall–Kier alpha value is -0.820. The van der Waals surface area contributed by atoms with Crippen LogP contribution in [0.5, 0.6) is 0 Å². The molecule has 0 radical (unpaired) electrons. The van der Waals surface area contributed by atoms with Crippen LogP contribution in [0.4, 0.5) is 0 Å².